The number of carbonyl (C=O) groups excluding carboxylic acids is 1. The molecular formula is C32H40N4O4S. The minimum absolute atomic E-state index is 0.121. The number of benzene rings is 2. The van der Waals surface area contributed by atoms with Crippen LogP contribution in [-0.4, -0.2) is 78.6 Å². The van der Waals surface area contributed by atoms with Crippen molar-refractivity contribution in [2.75, 3.05) is 51.2 Å². The summed E-state index contributed by atoms with van der Waals surface area (Å²) >= 11 is 1.75. The molecule has 41 heavy (non-hydrogen) atoms. The molecule has 1 aromatic heterocycles. The van der Waals surface area contributed by atoms with Gasteiger partial charge in [-0.1, -0.05) is 17.7 Å². The highest BCUT2D eigenvalue weighted by molar-refractivity contribution is 7.14. The van der Waals surface area contributed by atoms with Crippen molar-refractivity contribution < 1.29 is 19.4 Å². The van der Waals surface area contributed by atoms with Crippen LogP contribution in [0.2, 0.25) is 0 Å². The predicted octanol–water partition coefficient (Wildman–Crippen LogP) is 5.33. The smallest absolute Gasteiger partial charge is 0.290 e. The first-order valence-corrected chi connectivity index (χ1v) is 15.3. The molecule has 3 aliphatic rings. The Labute approximate surface area is 246 Å². The van der Waals surface area contributed by atoms with Crippen LogP contribution in [-0.2, 0) is 11.4 Å². The number of likely N-dealkylation sites (N-methyl/N-ethyl adjacent to an activating group) is 1. The van der Waals surface area contributed by atoms with Gasteiger partial charge in [0.25, 0.3) is 12.4 Å². The molecule has 1 N–H and O–H groups in total. The third-order valence-corrected chi connectivity index (χ3v) is 9.45. The molecule has 2 aliphatic heterocycles. The standard InChI is InChI=1S/C31H38N4O2S.CH2O2/c1-21-4-9-29(27(14-21)28-20-38-31(32-28)35-17-23-5-6-24(16-23)18-35)37-19-26-8-7-25(15-22(26)2)30(36)34-12-10-33(3)11-13-34;2-1-3/h4,7-9,14-15,20,23-24H,5-6,10-13,16-19H2,1-3H3;1H,(H,2,3)/t23-,24?;/m1./s1. The summed E-state index contributed by atoms with van der Waals surface area (Å²) < 4.78 is 6.39. The van der Waals surface area contributed by atoms with Crippen LogP contribution < -0.4 is 9.64 Å². The Bertz CT molecular complexity index is 1360. The van der Waals surface area contributed by atoms with Crippen LogP contribution in [0.5, 0.6) is 5.75 Å². The summed E-state index contributed by atoms with van der Waals surface area (Å²) in [5.74, 6) is 2.65. The van der Waals surface area contributed by atoms with Crippen molar-refractivity contribution in [1.29, 1.82) is 0 Å². The number of piperidine rings is 1. The number of rotatable bonds is 6. The van der Waals surface area contributed by atoms with Crippen LogP contribution >= 0.6 is 11.3 Å². The zero-order valence-corrected chi connectivity index (χ0v) is 25.0. The molecule has 0 spiro atoms. The van der Waals surface area contributed by atoms with Gasteiger partial charge in [-0.05, 0) is 87.4 Å². The first-order valence-electron chi connectivity index (χ1n) is 14.4. The average molecular weight is 577 g/mol. The minimum Gasteiger partial charge on any atom is -0.488 e. The van der Waals surface area contributed by atoms with E-state index in [0.717, 1.165) is 89.9 Å². The van der Waals surface area contributed by atoms with Gasteiger partial charge in [0, 0.05) is 55.8 Å². The van der Waals surface area contributed by atoms with E-state index in [9.17, 15) is 4.79 Å². The van der Waals surface area contributed by atoms with Gasteiger partial charge >= 0.3 is 0 Å². The number of anilines is 1. The fourth-order valence-electron chi connectivity index (χ4n) is 6.21. The lowest BCUT2D eigenvalue weighted by Gasteiger charge is -2.32. The number of aromatic nitrogens is 1. The van der Waals surface area contributed by atoms with Gasteiger partial charge in [0.2, 0.25) is 0 Å². The molecule has 0 radical (unpaired) electrons. The molecule has 1 unspecified atom stereocenters. The number of aryl methyl sites for hydroxylation is 2. The van der Waals surface area contributed by atoms with Crippen LogP contribution in [0, 0.1) is 25.7 Å². The zero-order chi connectivity index (χ0) is 28.9. The summed E-state index contributed by atoms with van der Waals surface area (Å²) in [6.45, 7) is 10.1. The summed E-state index contributed by atoms with van der Waals surface area (Å²) in [6.07, 6.45) is 4.15. The van der Waals surface area contributed by atoms with Crippen LogP contribution in [0.25, 0.3) is 11.3 Å². The number of thiazole rings is 1. The van der Waals surface area contributed by atoms with Gasteiger partial charge in [-0.3, -0.25) is 9.59 Å². The topological polar surface area (TPSA) is 86.2 Å². The second-order valence-corrected chi connectivity index (χ2v) is 12.4. The number of amides is 1. The number of carboxylic acid groups (broad SMARTS) is 1. The number of fused-ring (bicyclic) bond motifs is 2. The van der Waals surface area contributed by atoms with Crippen LogP contribution in [0.1, 0.15) is 46.3 Å². The molecule has 2 atom stereocenters. The van der Waals surface area contributed by atoms with E-state index in [0.29, 0.717) is 6.61 Å². The third-order valence-electron chi connectivity index (χ3n) is 8.54. The van der Waals surface area contributed by atoms with E-state index in [4.69, 9.17) is 19.6 Å². The molecule has 3 aromatic rings. The summed E-state index contributed by atoms with van der Waals surface area (Å²) in [7, 11) is 2.10. The second-order valence-electron chi connectivity index (χ2n) is 11.6. The Balaban J connectivity index is 0.00000108. The van der Waals surface area contributed by atoms with Crippen LogP contribution in [0.15, 0.2) is 41.8 Å². The lowest BCUT2D eigenvalue weighted by atomic mass is 9.99. The van der Waals surface area contributed by atoms with Gasteiger partial charge in [-0.25, -0.2) is 4.98 Å². The van der Waals surface area contributed by atoms with Gasteiger partial charge in [-0.15, -0.1) is 11.3 Å². The molecule has 2 saturated heterocycles. The fourth-order valence-corrected chi connectivity index (χ4v) is 7.05. The van der Waals surface area contributed by atoms with Crippen molar-refractivity contribution in [3.8, 4) is 17.0 Å². The molecule has 1 aliphatic carbocycles. The van der Waals surface area contributed by atoms with Crippen molar-refractivity contribution in [3.05, 3.63) is 64.0 Å². The molecule has 6 rings (SSSR count). The van der Waals surface area contributed by atoms with E-state index in [2.05, 4.69) is 54.3 Å². The number of carbonyl (C=O) groups is 2. The van der Waals surface area contributed by atoms with E-state index in [1.807, 2.05) is 23.1 Å². The largest absolute Gasteiger partial charge is 0.488 e. The molecule has 1 saturated carbocycles. The maximum atomic E-state index is 13.0. The number of nitrogens with zero attached hydrogens (tertiary/aromatic N) is 4. The number of ether oxygens (including phenoxy) is 1. The van der Waals surface area contributed by atoms with Gasteiger partial charge < -0.3 is 24.5 Å². The number of hydrogen-bond donors (Lipinski definition) is 1. The third kappa shape index (κ3) is 6.90. The van der Waals surface area contributed by atoms with E-state index < -0.39 is 0 Å². The molecule has 3 fully saturated rings. The Morgan fingerprint density at radius 1 is 1.07 bits per heavy atom. The molecular weight excluding hydrogens is 536 g/mol. The Morgan fingerprint density at radius 3 is 2.46 bits per heavy atom. The maximum absolute atomic E-state index is 13.0. The highest BCUT2D eigenvalue weighted by Gasteiger charge is 2.34. The van der Waals surface area contributed by atoms with Gasteiger partial charge in [0.05, 0.1) is 5.69 Å². The van der Waals surface area contributed by atoms with Crippen LogP contribution in [0.3, 0.4) is 0 Å². The molecule has 9 heteroatoms. The summed E-state index contributed by atoms with van der Waals surface area (Å²) in [4.78, 5) is 33.2. The van der Waals surface area contributed by atoms with Gasteiger partial charge in [0.1, 0.15) is 12.4 Å². The summed E-state index contributed by atoms with van der Waals surface area (Å²) in [5, 5.41) is 10.2. The number of hydrogen-bond acceptors (Lipinski definition) is 7. The Morgan fingerprint density at radius 2 is 1.78 bits per heavy atom. The number of piperazine rings is 1. The molecule has 3 heterocycles. The second kappa shape index (κ2) is 13.0. The van der Waals surface area contributed by atoms with E-state index in [1.54, 1.807) is 11.3 Å². The van der Waals surface area contributed by atoms with Gasteiger partial charge in [-0.2, -0.15) is 0 Å². The molecule has 218 valence electrons. The summed E-state index contributed by atoms with van der Waals surface area (Å²) in [6, 6.07) is 12.3. The SMILES string of the molecule is Cc1ccc(OCc2ccc(C(=O)N3CCN(C)CC3)cc2C)c(-c2csc(N3CC4CC[C@H](C4)C3)n2)c1.O=CO. The maximum Gasteiger partial charge on any atom is 0.290 e. The first kappa shape index (κ1) is 29.1. The Hall–Kier alpha value is -3.43. The molecule has 2 bridgehead atoms. The highest BCUT2D eigenvalue weighted by Crippen LogP contribution is 2.40. The van der Waals surface area contributed by atoms with Crippen molar-refractivity contribution in [3.63, 3.8) is 0 Å². The van der Waals surface area contributed by atoms with Crippen LogP contribution in [0.4, 0.5) is 5.13 Å². The molecule has 1 amide bonds. The molecule has 2 aromatic carbocycles. The monoisotopic (exact) mass is 576 g/mol. The minimum atomic E-state index is -0.250. The van der Waals surface area contributed by atoms with Crippen molar-refractivity contribution >= 4 is 28.8 Å². The highest BCUT2D eigenvalue weighted by atomic mass is 32.1. The Kier molecular flexibility index (Phi) is 9.25. The quantitative estimate of drug-likeness (QED) is 0.397. The predicted molar refractivity (Wildman–Crippen MR) is 163 cm³/mol. The van der Waals surface area contributed by atoms with Crippen molar-refractivity contribution in [2.24, 2.45) is 11.8 Å². The van der Waals surface area contributed by atoms with E-state index >= 15 is 0 Å². The van der Waals surface area contributed by atoms with Crippen molar-refractivity contribution in [2.45, 2.75) is 39.7 Å². The summed E-state index contributed by atoms with van der Waals surface area (Å²) in [5.41, 5.74) is 6.16. The van der Waals surface area contributed by atoms with Gasteiger partial charge in [0.15, 0.2) is 5.13 Å². The molecule has 8 nitrogen and oxygen atoms in total. The lowest BCUT2D eigenvalue weighted by Crippen LogP contribution is -2.47. The average Bonchev–Trinajstić information content (AvgIpc) is 3.59. The van der Waals surface area contributed by atoms with Crippen molar-refractivity contribution in [1.82, 2.24) is 14.8 Å². The van der Waals surface area contributed by atoms with E-state index in [-0.39, 0.29) is 12.4 Å². The fraction of sp³-hybridized carbons (Fsp3) is 0.469. The zero-order valence-electron chi connectivity index (χ0n) is 24.2. The van der Waals surface area contributed by atoms with E-state index in [1.165, 1.54) is 24.8 Å². The lowest BCUT2D eigenvalue weighted by molar-refractivity contribution is -0.122. The normalized spacial score (nSPS) is 20.4. The first-order chi connectivity index (χ1) is 19.8.